The largest absolute Gasteiger partial charge is 0.320 e. The third-order valence-electron chi connectivity index (χ3n) is 3.77. The number of aromatic amines is 1. The normalized spacial score (nSPS) is 10.7. The van der Waals surface area contributed by atoms with E-state index in [2.05, 4.69) is 36.3 Å². The second-order valence-electron chi connectivity index (χ2n) is 5.67. The number of carbonyl (C=O) groups is 1. The molecular weight excluding hydrogens is 351 g/mol. The zero-order valence-electron chi connectivity index (χ0n) is 13.9. The Morgan fingerprint density at radius 1 is 1.15 bits per heavy atom. The molecule has 2 heterocycles. The van der Waals surface area contributed by atoms with Gasteiger partial charge >= 0.3 is 0 Å². The predicted octanol–water partition coefficient (Wildman–Crippen LogP) is 1.90. The maximum atomic E-state index is 13.3. The van der Waals surface area contributed by atoms with Gasteiger partial charge in [-0.25, -0.2) is 9.07 Å². The van der Waals surface area contributed by atoms with Crippen LogP contribution >= 0.6 is 0 Å². The van der Waals surface area contributed by atoms with Crippen LogP contribution in [0.5, 0.6) is 0 Å². The Morgan fingerprint density at radius 3 is 2.85 bits per heavy atom. The maximum Gasteiger partial charge on any atom is 0.277 e. The Bertz CT molecular complexity index is 1080. The standard InChI is InChI=1S/C17H13FN8O/c18-12-5-3-4-11(8-12)9-26-10-15(20-25-26)17(27)19-14-7-2-1-6-13(14)16-21-23-24-22-16/h1-8,10H,9H2,(H,19,27)(H,21,22,23,24). The number of benzene rings is 2. The number of tetrazole rings is 1. The number of halogens is 1. The molecule has 0 aliphatic carbocycles. The second-order valence-corrected chi connectivity index (χ2v) is 5.67. The Kier molecular flexibility index (Phi) is 4.35. The summed E-state index contributed by atoms with van der Waals surface area (Å²) < 4.78 is 14.7. The van der Waals surface area contributed by atoms with Crippen LogP contribution in [0.4, 0.5) is 10.1 Å². The van der Waals surface area contributed by atoms with Crippen molar-refractivity contribution in [1.82, 2.24) is 35.6 Å². The van der Waals surface area contributed by atoms with Gasteiger partial charge in [0.1, 0.15) is 5.82 Å². The van der Waals surface area contributed by atoms with Gasteiger partial charge in [0.25, 0.3) is 5.91 Å². The lowest BCUT2D eigenvalue weighted by molar-refractivity contribution is 0.102. The Hall–Kier alpha value is -3.95. The van der Waals surface area contributed by atoms with E-state index in [1.165, 1.54) is 23.0 Å². The Balaban J connectivity index is 1.51. The van der Waals surface area contributed by atoms with E-state index in [-0.39, 0.29) is 11.5 Å². The molecule has 1 amide bonds. The first-order valence-corrected chi connectivity index (χ1v) is 7.98. The molecule has 27 heavy (non-hydrogen) atoms. The predicted molar refractivity (Wildman–Crippen MR) is 93.1 cm³/mol. The minimum atomic E-state index is -0.434. The van der Waals surface area contributed by atoms with Crippen molar-refractivity contribution in [2.24, 2.45) is 0 Å². The monoisotopic (exact) mass is 364 g/mol. The van der Waals surface area contributed by atoms with E-state index in [0.29, 0.717) is 29.2 Å². The van der Waals surface area contributed by atoms with E-state index < -0.39 is 5.91 Å². The number of carbonyl (C=O) groups excluding carboxylic acids is 1. The van der Waals surface area contributed by atoms with Crippen molar-refractivity contribution in [3.05, 3.63) is 71.8 Å². The molecule has 0 bridgehead atoms. The lowest BCUT2D eigenvalue weighted by Gasteiger charge is -2.06. The van der Waals surface area contributed by atoms with Crippen LogP contribution in [0.1, 0.15) is 16.1 Å². The number of rotatable bonds is 5. The summed E-state index contributed by atoms with van der Waals surface area (Å²) >= 11 is 0. The fourth-order valence-electron chi connectivity index (χ4n) is 2.55. The number of nitrogens with zero attached hydrogens (tertiary/aromatic N) is 6. The van der Waals surface area contributed by atoms with Gasteiger partial charge in [-0.15, -0.1) is 15.3 Å². The fraction of sp³-hybridized carbons (Fsp3) is 0.0588. The summed E-state index contributed by atoms with van der Waals surface area (Å²) in [6, 6.07) is 13.2. The van der Waals surface area contributed by atoms with Gasteiger partial charge in [-0.3, -0.25) is 4.79 Å². The zero-order valence-corrected chi connectivity index (χ0v) is 13.9. The quantitative estimate of drug-likeness (QED) is 0.559. The van der Waals surface area contributed by atoms with Crippen LogP contribution in [0.2, 0.25) is 0 Å². The number of nitrogens with one attached hydrogen (secondary N) is 2. The van der Waals surface area contributed by atoms with Crippen LogP contribution in [0.15, 0.2) is 54.7 Å². The van der Waals surface area contributed by atoms with Crippen molar-refractivity contribution in [3.8, 4) is 11.4 Å². The highest BCUT2D eigenvalue weighted by Gasteiger charge is 2.15. The first kappa shape index (κ1) is 16.5. The average molecular weight is 364 g/mol. The molecule has 0 aliphatic heterocycles. The van der Waals surface area contributed by atoms with E-state index in [1.807, 2.05) is 0 Å². The van der Waals surface area contributed by atoms with Crippen molar-refractivity contribution in [2.45, 2.75) is 6.54 Å². The number of aromatic nitrogens is 7. The summed E-state index contributed by atoms with van der Waals surface area (Å²) in [5, 5.41) is 24.3. The van der Waals surface area contributed by atoms with Crippen LogP contribution in [0.25, 0.3) is 11.4 Å². The highest BCUT2D eigenvalue weighted by molar-refractivity contribution is 6.04. The van der Waals surface area contributed by atoms with Crippen LogP contribution in [0.3, 0.4) is 0 Å². The number of anilines is 1. The molecule has 0 radical (unpaired) electrons. The topological polar surface area (TPSA) is 114 Å². The molecular formula is C17H13FN8O. The third-order valence-corrected chi connectivity index (χ3v) is 3.77. The van der Waals surface area contributed by atoms with Gasteiger partial charge in [-0.05, 0) is 35.0 Å². The summed E-state index contributed by atoms with van der Waals surface area (Å²) in [6.07, 6.45) is 1.50. The zero-order chi connectivity index (χ0) is 18.6. The number of hydrogen-bond acceptors (Lipinski definition) is 6. The van der Waals surface area contributed by atoms with E-state index in [9.17, 15) is 9.18 Å². The van der Waals surface area contributed by atoms with Crippen molar-refractivity contribution in [3.63, 3.8) is 0 Å². The molecule has 2 aromatic carbocycles. The van der Waals surface area contributed by atoms with E-state index in [1.54, 1.807) is 36.4 Å². The molecule has 4 rings (SSSR count). The number of amides is 1. The smallest absolute Gasteiger partial charge is 0.277 e. The summed E-state index contributed by atoms with van der Waals surface area (Å²) in [4.78, 5) is 12.5. The molecule has 10 heteroatoms. The molecule has 4 aromatic rings. The van der Waals surface area contributed by atoms with Gasteiger partial charge in [-0.1, -0.05) is 29.5 Å². The molecule has 2 N–H and O–H groups in total. The van der Waals surface area contributed by atoms with Gasteiger partial charge < -0.3 is 5.32 Å². The molecule has 0 aliphatic rings. The summed E-state index contributed by atoms with van der Waals surface area (Å²) in [7, 11) is 0. The molecule has 0 fully saturated rings. The van der Waals surface area contributed by atoms with Crippen molar-refractivity contribution < 1.29 is 9.18 Å². The number of H-pyrrole nitrogens is 1. The second kappa shape index (κ2) is 7.12. The summed E-state index contributed by atoms with van der Waals surface area (Å²) in [5.41, 5.74) is 1.99. The highest BCUT2D eigenvalue weighted by Crippen LogP contribution is 2.24. The highest BCUT2D eigenvalue weighted by atomic mass is 19.1. The first-order chi connectivity index (χ1) is 13.2. The molecule has 0 unspecified atom stereocenters. The fourth-order valence-corrected chi connectivity index (χ4v) is 2.55. The van der Waals surface area contributed by atoms with Gasteiger partial charge in [0.05, 0.1) is 18.4 Å². The van der Waals surface area contributed by atoms with Crippen LogP contribution < -0.4 is 5.32 Å². The van der Waals surface area contributed by atoms with E-state index in [0.717, 1.165) is 0 Å². The Morgan fingerprint density at radius 2 is 2.04 bits per heavy atom. The molecule has 0 spiro atoms. The van der Waals surface area contributed by atoms with Crippen LogP contribution in [-0.4, -0.2) is 41.5 Å². The van der Waals surface area contributed by atoms with Gasteiger partial charge in [-0.2, -0.15) is 5.21 Å². The van der Waals surface area contributed by atoms with E-state index >= 15 is 0 Å². The average Bonchev–Trinajstić information content (AvgIpc) is 3.34. The molecule has 2 aromatic heterocycles. The minimum absolute atomic E-state index is 0.134. The van der Waals surface area contributed by atoms with Gasteiger partial charge in [0, 0.05) is 5.56 Å². The SMILES string of the molecule is O=C(Nc1ccccc1-c1nn[nH]n1)c1cn(Cc2cccc(F)c2)nn1. The lowest BCUT2D eigenvalue weighted by atomic mass is 10.1. The van der Waals surface area contributed by atoms with Crippen molar-refractivity contribution >= 4 is 11.6 Å². The van der Waals surface area contributed by atoms with Gasteiger partial charge in [0.15, 0.2) is 5.69 Å². The first-order valence-electron chi connectivity index (χ1n) is 7.98. The third kappa shape index (κ3) is 3.68. The molecule has 134 valence electrons. The van der Waals surface area contributed by atoms with Crippen molar-refractivity contribution in [2.75, 3.05) is 5.32 Å². The maximum absolute atomic E-state index is 13.3. The van der Waals surface area contributed by atoms with Crippen LogP contribution in [-0.2, 0) is 6.54 Å². The summed E-state index contributed by atoms with van der Waals surface area (Å²) in [5.74, 6) is -0.402. The molecule has 0 saturated carbocycles. The Labute approximate surface area is 152 Å². The van der Waals surface area contributed by atoms with Crippen LogP contribution in [0, 0.1) is 5.82 Å². The number of hydrogen-bond donors (Lipinski definition) is 2. The van der Waals surface area contributed by atoms with Gasteiger partial charge in [0.2, 0.25) is 5.82 Å². The van der Waals surface area contributed by atoms with E-state index in [4.69, 9.17) is 0 Å². The molecule has 0 atom stereocenters. The van der Waals surface area contributed by atoms with Crippen molar-refractivity contribution in [1.29, 1.82) is 0 Å². The molecule has 9 nitrogen and oxygen atoms in total. The lowest BCUT2D eigenvalue weighted by Crippen LogP contribution is -2.13. The molecule has 0 saturated heterocycles. The minimum Gasteiger partial charge on any atom is -0.320 e. The summed E-state index contributed by atoms with van der Waals surface area (Å²) in [6.45, 7) is 0.303. The number of para-hydroxylation sites is 1.